The molecule has 0 bridgehead atoms. The van der Waals surface area contributed by atoms with E-state index in [-0.39, 0.29) is 5.76 Å². The van der Waals surface area contributed by atoms with E-state index in [1.807, 2.05) is 0 Å². The second-order valence-electron chi connectivity index (χ2n) is 6.10. The highest BCUT2D eigenvalue weighted by molar-refractivity contribution is 5.98. The number of hydrogen-bond acceptors (Lipinski definition) is 3. The summed E-state index contributed by atoms with van der Waals surface area (Å²) in [7, 11) is 1.31. The molecular weight excluding hydrogens is 392 g/mol. The molecule has 150 valence electrons. The SMILES string of the molecule is CN(CC(=O)Nc1ccc(F)c(F)c1F)C(=O)c1ccc(-c2ccc(F)cc2)o1. The molecule has 2 aromatic carbocycles. The second-order valence-corrected chi connectivity index (χ2v) is 6.10. The first-order valence-electron chi connectivity index (χ1n) is 8.31. The third-order valence-corrected chi connectivity index (χ3v) is 3.98. The molecule has 9 heteroatoms. The minimum atomic E-state index is -1.71. The van der Waals surface area contributed by atoms with E-state index in [1.54, 1.807) is 0 Å². The molecule has 1 N–H and O–H groups in total. The van der Waals surface area contributed by atoms with Gasteiger partial charge in [0.25, 0.3) is 5.91 Å². The Balaban J connectivity index is 1.65. The van der Waals surface area contributed by atoms with Crippen LogP contribution >= 0.6 is 0 Å². The Hall–Kier alpha value is -3.62. The van der Waals surface area contributed by atoms with Crippen molar-refractivity contribution in [2.75, 3.05) is 18.9 Å². The van der Waals surface area contributed by atoms with Gasteiger partial charge in [0.05, 0.1) is 12.2 Å². The highest BCUT2D eigenvalue weighted by Crippen LogP contribution is 2.23. The number of carbonyl (C=O) groups is 2. The summed E-state index contributed by atoms with van der Waals surface area (Å²) in [5, 5.41) is 2.07. The third-order valence-electron chi connectivity index (χ3n) is 3.98. The summed E-state index contributed by atoms with van der Waals surface area (Å²) >= 11 is 0. The zero-order chi connectivity index (χ0) is 21.1. The van der Waals surface area contributed by atoms with E-state index in [0.717, 1.165) is 11.0 Å². The molecule has 3 aromatic rings. The maximum absolute atomic E-state index is 13.6. The predicted octanol–water partition coefficient (Wildman–Crippen LogP) is 4.21. The normalized spacial score (nSPS) is 10.7. The lowest BCUT2D eigenvalue weighted by atomic mass is 10.2. The Morgan fingerprint density at radius 1 is 0.931 bits per heavy atom. The number of hydrogen-bond donors (Lipinski definition) is 1. The van der Waals surface area contributed by atoms with Crippen molar-refractivity contribution in [3.8, 4) is 11.3 Å². The summed E-state index contributed by atoms with van der Waals surface area (Å²) in [4.78, 5) is 25.4. The van der Waals surface area contributed by atoms with Gasteiger partial charge in [-0.3, -0.25) is 9.59 Å². The van der Waals surface area contributed by atoms with Gasteiger partial charge in [0.1, 0.15) is 11.6 Å². The number of nitrogens with one attached hydrogen (secondary N) is 1. The van der Waals surface area contributed by atoms with E-state index in [4.69, 9.17) is 4.42 Å². The molecule has 0 aliphatic rings. The van der Waals surface area contributed by atoms with Crippen molar-refractivity contribution in [2.45, 2.75) is 0 Å². The van der Waals surface area contributed by atoms with Gasteiger partial charge in [-0.2, -0.15) is 0 Å². The summed E-state index contributed by atoms with van der Waals surface area (Å²) in [6.45, 7) is -0.496. The molecule has 0 fully saturated rings. The molecule has 1 heterocycles. The van der Waals surface area contributed by atoms with Gasteiger partial charge >= 0.3 is 0 Å². The average molecular weight is 406 g/mol. The number of carbonyl (C=O) groups excluding carboxylic acids is 2. The third kappa shape index (κ3) is 4.45. The van der Waals surface area contributed by atoms with E-state index < -0.39 is 47.3 Å². The van der Waals surface area contributed by atoms with Crippen molar-refractivity contribution < 1.29 is 31.6 Å². The molecule has 0 aliphatic carbocycles. The van der Waals surface area contributed by atoms with Crippen LogP contribution in [0.1, 0.15) is 10.6 Å². The van der Waals surface area contributed by atoms with Crippen LogP contribution in [0.4, 0.5) is 23.2 Å². The van der Waals surface area contributed by atoms with Crippen LogP contribution in [0.15, 0.2) is 52.9 Å². The average Bonchev–Trinajstić information content (AvgIpc) is 3.18. The number of furan rings is 1. The molecular formula is C20H14F4N2O3. The first-order chi connectivity index (χ1) is 13.8. The number of likely N-dealkylation sites (N-methyl/N-ethyl adjacent to an activating group) is 1. The first kappa shape index (κ1) is 20.1. The zero-order valence-corrected chi connectivity index (χ0v) is 15.0. The molecule has 0 aliphatic heterocycles. The number of halogens is 4. The van der Waals surface area contributed by atoms with Gasteiger partial charge in [-0.1, -0.05) is 0 Å². The lowest BCUT2D eigenvalue weighted by Crippen LogP contribution is -2.35. The summed E-state index contributed by atoms with van der Waals surface area (Å²) in [6, 6.07) is 9.90. The molecule has 29 heavy (non-hydrogen) atoms. The summed E-state index contributed by atoms with van der Waals surface area (Å²) in [5.74, 6) is -6.26. The van der Waals surface area contributed by atoms with Crippen molar-refractivity contribution in [3.05, 3.63) is 77.6 Å². The Bertz CT molecular complexity index is 1060. The lowest BCUT2D eigenvalue weighted by molar-refractivity contribution is -0.116. The topological polar surface area (TPSA) is 62.6 Å². The Morgan fingerprint density at radius 2 is 1.62 bits per heavy atom. The van der Waals surface area contributed by atoms with E-state index in [0.29, 0.717) is 17.4 Å². The van der Waals surface area contributed by atoms with Crippen LogP contribution in [0.5, 0.6) is 0 Å². The highest BCUT2D eigenvalue weighted by atomic mass is 19.2. The number of nitrogens with zero attached hydrogens (tertiary/aromatic N) is 1. The Morgan fingerprint density at radius 3 is 2.31 bits per heavy atom. The molecule has 0 unspecified atom stereocenters. The maximum atomic E-state index is 13.6. The fourth-order valence-electron chi connectivity index (χ4n) is 2.51. The van der Waals surface area contributed by atoms with Gasteiger partial charge in [-0.25, -0.2) is 17.6 Å². The van der Waals surface area contributed by atoms with Crippen LogP contribution < -0.4 is 5.32 Å². The van der Waals surface area contributed by atoms with Gasteiger partial charge < -0.3 is 14.6 Å². The summed E-state index contributed by atoms with van der Waals surface area (Å²) < 4.78 is 58.2. The Labute approximate surface area is 162 Å². The molecule has 3 rings (SSSR count). The maximum Gasteiger partial charge on any atom is 0.289 e. The van der Waals surface area contributed by atoms with Crippen LogP contribution in [0, 0.1) is 23.3 Å². The van der Waals surface area contributed by atoms with Crippen LogP contribution in [-0.2, 0) is 4.79 Å². The molecule has 0 radical (unpaired) electrons. The number of rotatable bonds is 5. The van der Waals surface area contributed by atoms with Crippen molar-refractivity contribution in [1.82, 2.24) is 4.90 Å². The van der Waals surface area contributed by atoms with Crippen LogP contribution in [0.25, 0.3) is 11.3 Å². The first-order valence-corrected chi connectivity index (χ1v) is 8.31. The highest BCUT2D eigenvalue weighted by Gasteiger charge is 2.20. The summed E-state index contributed by atoms with van der Waals surface area (Å²) in [5.41, 5.74) is 0.00556. The number of anilines is 1. The van der Waals surface area contributed by atoms with E-state index >= 15 is 0 Å². The smallest absolute Gasteiger partial charge is 0.289 e. The molecule has 0 spiro atoms. The van der Waals surface area contributed by atoms with Gasteiger partial charge in [0.2, 0.25) is 5.91 Å². The van der Waals surface area contributed by atoms with Gasteiger partial charge in [0, 0.05) is 12.6 Å². The number of amides is 2. The fourth-order valence-corrected chi connectivity index (χ4v) is 2.51. The lowest BCUT2D eigenvalue weighted by Gasteiger charge is -2.15. The largest absolute Gasteiger partial charge is 0.451 e. The second kappa shape index (κ2) is 8.17. The Kier molecular flexibility index (Phi) is 5.67. The zero-order valence-electron chi connectivity index (χ0n) is 15.0. The van der Waals surface area contributed by atoms with Gasteiger partial charge in [-0.05, 0) is 48.5 Å². The quantitative estimate of drug-likeness (QED) is 0.510. The van der Waals surface area contributed by atoms with Gasteiger partial charge in [-0.15, -0.1) is 0 Å². The van der Waals surface area contributed by atoms with Crippen molar-refractivity contribution in [2.24, 2.45) is 0 Å². The molecule has 0 saturated heterocycles. The molecule has 2 amide bonds. The van der Waals surface area contributed by atoms with E-state index in [1.165, 1.54) is 43.4 Å². The van der Waals surface area contributed by atoms with E-state index in [2.05, 4.69) is 5.32 Å². The van der Waals surface area contributed by atoms with Gasteiger partial charge in [0.15, 0.2) is 23.2 Å². The minimum absolute atomic E-state index is 0.0707. The van der Waals surface area contributed by atoms with E-state index in [9.17, 15) is 27.2 Å². The molecule has 0 saturated carbocycles. The molecule has 0 atom stereocenters. The fraction of sp³-hybridized carbons (Fsp3) is 0.100. The predicted molar refractivity (Wildman–Crippen MR) is 96.0 cm³/mol. The minimum Gasteiger partial charge on any atom is -0.451 e. The molecule has 1 aromatic heterocycles. The standard InChI is InChI=1S/C20H14F4N2O3/c1-26(10-17(27)25-14-7-6-13(22)18(23)19(14)24)20(28)16-9-8-15(29-16)11-2-4-12(21)5-3-11/h2-9H,10H2,1H3,(H,25,27). The number of benzene rings is 2. The van der Waals surface area contributed by atoms with Crippen molar-refractivity contribution in [3.63, 3.8) is 0 Å². The molecule has 5 nitrogen and oxygen atoms in total. The van der Waals surface area contributed by atoms with Crippen molar-refractivity contribution >= 4 is 17.5 Å². The van der Waals surface area contributed by atoms with Crippen LogP contribution in [0.3, 0.4) is 0 Å². The van der Waals surface area contributed by atoms with Crippen molar-refractivity contribution in [1.29, 1.82) is 0 Å². The van der Waals surface area contributed by atoms with Crippen LogP contribution in [-0.4, -0.2) is 30.3 Å². The van der Waals surface area contributed by atoms with Crippen LogP contribution in [0.2, 0.25) is 0 Å². The monoisotopic (exact) mass is 406 g/mol. The summed E-state index contributed by atoms with van der Waals surface area (Å²) in [6.07, 6.45) is 0.